The smallest absolute Gasteiger partial charge is 0.325 e. The summed E-state index contributed by atoms with van der Waals surface area (Å²) >= 11 is 0. The van der Waals surface area contributed by atoms with Gasteiger partial charge in [0.15, 0.2) is 0 Å². The molecule has 0 aromatic heterocycles. The molecule has 38 valence electrons. The van der Waals surface area contributed by atoms with Gasteiger partial charge in [-0.15, -0.1) is 0 Å². The molecule has 0 saturated carbocycles. The first kappa shape index (κ1) is 6.11. The Labute approximate surface area is 36.0 Å². The Balaban J connectivity index is 2.83. The van der Waals surface area contributed by atoms with Gasteiger partial charge in [-0.25, -0.2) is 4.62 Å². The highest BCUT2D eigenvalue weighted by Gasteiger charge is 1.80. The zero-order valence-electron chi connectivity index (χ0n) is 3.26. The second kappa shape index (κ2) is 3.31. The molecule has 0 radical (unpaired) electrons. The van der Waals surface area contributed by atoms with E-state index in [-0.39, 0.29) is 0 Å². The summed E-state index contributed by atoms with van der Waals surface area (Å²) in [6.45, 7) is 0. The van der Waals surface area contributed by atoms with Crippen LogP contribution in [0.25, 0.3) is 0 Å². The summed E-state index contributed by atoms with van der Waals surface area (Å²) in [4.78, 5) is 7.81. The normalized spacial score (nSPS) is 14.3. The molecule has 1 atom stereocenters. The average molecular weight is 111 g/mol. The average Bonchev–Trinajstić information content (AvgIpc) is 1.35. The first-order valence-corrected chi connectivity index (χ1v) is 2.60. The molecule has 4 nitrogen and oxygen atoms in total. The number of rotatable bonds is 2. The van der Waals surface area contributed by atoms with Gasteiger partial charge < -0.3 is 4.89 Å². The lowest BCUT2D eigenvalue weighted by Gasteiger charge is -1.88. The van der Waals surface area contributed by atoms with Crippen molar-refractivity contribution in [3.05, 3.63) is 0 Å². The molecule has 0 heterocycles. The van der Waals surface area contributed by atoms with Crippen molar-refractivity contribution in [2.24, 2.45) is 0 Å². The molecule has 0 amide bonds. The van der Waals surface area contributed by atoms with Gasteiger partial charge in [-0.2, -0.15) is 5.48 Å². The van der Waals surface area contributed by atoms with Gasteiger partial charge in [-0.05, 0) is 0 Å². The van der Waals surface area contributed by atoms with Crippen LogP contribution in [0.2, 0.25) is 0 Å². The van der Waals surface area contributed by atoms with Crippen molar-refractivity contribution in [1.82, 2.24) is 5.48 Å². The van der Waals surface area contributed by atoms with Crippen molar-refractivity contribution in [1.29, 1.82) is 0 Å². The summed E-state index contributed by atoms with van der Waals surface area (Å²) in [5, 5.41) is 0. The maximum absolute atomic E-state index is 9.50. The van der Waals surface area contributed by atoms with Gasteiger partial charge in [0, 0.05) is 7.05 Å². The van der Waals surface area contributed by atoms with Crippen LogP contribution in [0.3, 0.4) is 0 Å². The molecule has 0 aliphatic rings. The summed E-state index contributed by atoms with van der Waals surface area (Å²) < 4.78 is 13.4. The first-order chi connectivity index (χ1) is 2.77. The maximum atomic E-state index is 9.50. The topological polar surface area (TPSA) is 58.6 Å². The minimum absolute atomic E-state index is 1.42. The van der Waals surface area contributed by atoms with Crippen LogP contribution < -0.4 is 5.48 Å². The van der Waals surface area contributed by atoms with Crippen molar-refractivity contribution in [2.75, 3.05) is 7.05 Å². The molecule has 0 aromatic carbocycles. The lowest BCUT2D eigenvalue weighted by atomic mass is 11.6. The van der Waals surface area contributed by atoms with Crippen LogP contribution in [-0.4, -0.2) is 11.9 Å². The molecular formula is CH6NO3P. The summed E-state index contributed by atoms with van der Waals surface area (Å²) in [5.41, 5.74) is 2.05. The van der Waals surface area contributed by atoms with E-state index >= 15 is 0 Å². The van der Waals surface area contributed by atoms with E-state index in [9.17, 15) is 4.57 Å². The second-order valence-electron chi connectivity index (χ2n) is 0.572. The van der Waals surface area contributed by atoms with E-state index < -0.39 is 8.25 Å². The monoisotopic (exact) mass is 111 g/mol. The van der Waals surface area contributed by atoms with Crippen LogP contribution in [0, 0.1) is 0 Å². The van der Waals surface area contributed by atoms with Crippen molar-refractivity contribution in [3.63, 3.8) is 0 Å². The van der Waals surface area contributed by atoms with E-state index in [1.54, 1.807) is 0 Å². The fourth-order valence-corrected chi connectivity index (χ4v) is 0.262. The predicted molar refractivity (Wildman–Crippen MR) is 21.4 cm³/mol. The lowest BCUT2D eigenvalue weighted by Crippen LogP contribution is -1.98. The molecule has 0 aromatic rings. The molecule has 1 unspecified atom stereocenters. The molecule has 2 N–H and O–H groups in total. The number of nitrogens with one attached hydrogen (secondary N) is 1. The lowest BCUT2D eigenvalue weighted by molar-refractivity contribution is 0.206. The first-order valence-electron chi connectivity index (χ1n) is 1.34. The molecule has 0 fully saturated rings. The minimum atomic E-state index is -2.75. The van der Waals surface area contributed by atoms with Gasteiger partial charge in [-0.1, -0.05) is 0 Å². The third-order valence-electron chi connectivity index (χ3n) is 0.189. The summed E-state index contributed by atoms with van der Waals surface area (Å²) in [6.07, 6.45) is 0. The number of hydrogen-bond acceptors (Lipinski definition) is 3. The van der Waals surface area contributed by atoms with Gasteiger partial charge >= 0.3 is 8.25 Å². The fourth-order valence-electron chi connectivity index (χ4n) is 0.0873. The van der Waals surface area contributed by atoms with Crippen molar-refractivity contribution in [2.45, 2.75) is 0 Å². The van der Waals surface area contributed by atoms with Gasteiger partial charge in [-0.3, -0.25) is 4.57 Å². The maximum Gasteiger partial charge on any atom is 0.332 e. The van der Waals surface area contributed by atoms with E-state index in [2.05, 4.69) is 4.62 Å². The van der Waals surface area contributed by atoms with Gasteiger partial charge in [0.05, 0.1) is 0 Å². The van der Waals surface area contributed by atoms with Gasteiger partial charge in [0.2, 0.25) is 0 Å². The Bertz CT molecular complexity index is 54.8. The van der Waals surface area contributed by atoms with Gasteiger partial charge in [0.25, 0.3) is 0 Å². The van der Waals surface area contributed by atoms with E-state index in [4.69, 9.17) is 4.89 Å². The minimum Gasteiger partial charge on any atom is -0.325 e. The fraction of sp³-hybridized carbons (Fsp3) is 1.00. The van der Waals surface area contributed by atoms with Gasteiger partial charge in [0.1, 0.15) is 0 Å². The molecule has 0 aliphatic heterocycles. The van der Waals surface area contributed by atoms with Crippen LogP contribution in [-0.2, 0) is 9.19 Å². The molecule has 6 heavy (non-hydrogen) atoms. The summed E-state index contributed by atoms with van der Waals surface area (Å²) in [7, 11) is -1.33. The molecule has 0 saturated heterocycles. The highest BCUT2D eigenvalue weighted by molar-refractivity contribution is 7.32. The molecule has 5 heteroatoms. The van der Waals surface area contributed by atoms with Crippen LogP contribution in [0.1, 0.15) is 0 Å². The highest BCUT2D eigenvalue weighted by atomic mass is 31.1. The molecule has 0 spiro atoms. The summed E-state index contributed by atoms with van der Waals surface area (Å²) in [5.74, 6) is 0. The van der Waals surface area contributed by atoms with Crippen molar-refractivity contribution in [3.8, 4) is 0 Å². The van der Waals surface area contributed by atoms with Crippen LogP contribution in [0.15, 0.2) is 0 Å². The Morgan fingerprint density at radius 2 is 2.50 bits per heavy atom. The number of hydroxylamine groups is 1. The number of hydrogen-bond donors (Lipinski definition) is 2. The van der Waals surface area contributed by atoms with E-state index in [0.717, 1.165) is 0 Å². The third kappa shape index (κ3) is 4.11. The quantitative estimate of drug-likeness (QED) is 0.373. The SMILES string of the molecule is CNO[PH](=O)O. The Morgan fingerprint density at radius 1 is 2.00 bits per heavy atom. The van der Waals surface area contributed by atoms with Crippen LogP contribution in [0.4, 0.5) is 0 Å². The standard InChI is InChI=1S/CH6NO3P/c1-2-5-6(3)4/h2,6H,1H3,(H,3,4). The molecule has 0 rings (SSSR count). The van der Waals surface area contributed by atoms with E-state index in [1.807, 2.05) is 5.48 Å². The van der Waals surface area contributed by atoms with Crippen molar-refractivity contribution < 1.29 is 14.1 Å². The highest BCUT2D eigenvalue weighted by Crippen LogP contribution is 2.09. The molecule has 0 bridgehead atoms. The van der Waals surface area contributed by atoms with Crippen LogP contribution in [0.5, 0.6) is 0 Å². The predicted octanol–water partition coefficient (Wildman–Crippen LogP) is -0.481. The third-order valence-corrected chi connectivity index (χ3v) is 0.568. The largest absolute Gasteiger partial charge is 0.332 e. The summed E-state index contributed by atoms with van der Waals surface area (Å²) in [6, 6.07) is 0. The second-order valence-corrected chi connectivity index (χ2v) is 1.31. The Morgan fingerprint density at radius 3 is 2.50 bits per heavy atom. The Hall–Kier alpha value is 0.110. The van der Waals surface area contributed by atoms with E-state index in [1.165, 1.54) is 7.05 Å². The van der Waals surface area contributed by atoms with Crippen LogP contribution >= 0.6 is 8.25 Å². The van der Waals surface area contributed by atoms with Crippen molar-refractivity contribution >= 4 is 8.25 Å². The molecular weight excluding hydrogens is 105 g/mol. The van der Waals surface area contributed by atoms with E-state index in [0.29, 0.717) is 0 Å². The zero-order chi connectivity index (χ0) is 4.99. The Kier molecular flexibility index (Phi) is 3.37. The zero-order valence-corrected chi connectivity index (χ0v) is 4.26. The molecule has 0 aliphatic carbocycles.